The monoisotopic (exact) mass is 285 g/mol. The van der Waals surface area contributed by atoms with Crippen molar-refractivity contribution in [1.29, 1.82) is 0 Å². The molecule has 0 saturated carbocycles. The summed E-state index contributed by atoms with van der Waals surface area (Å²) < 4.78 is 25.2. The molecule has 0 amide bonds. The van der Waals surface area contributed by atoms with Gasteiger partial charge in [0.15, 0.2) is 0 Å². The summed E-state index contributed by atoms with van der Waals surface area (Å²) in [5.74, 6) is -1.44. The van der Waals surface area contributed by atoms with Crippen LogP contribution in [0.15, 0.2) is 35.7 Å². The van der Waals surface area contributed by atoms with Gasteiger partial charge in [-0.3, -0.25) is 4.79 Å². The smallest absolute Gasteiger partial charge is 0.324 e. The van der Waals surface area contributed by atoms with Crippen molar-refractivity contribution in [2.24, 2.45) is 0 Å². The number of hydrogen-bond donors (Lipinski definition) is 3. The van der Waals surface area contributed by atoms with E-state index >= 15 is 0 Å². The molecule has 19 heavy (non-hydrogen) atoms. The largest absolute Gasteiger partial charge is 0.480 e. The Labute approximate surface area is 111 Å². The third kappa shape index (κ3) is 5.21. The molecular formula is C12H15NO5S. The van der Waals surface area contributed by atoms with Crippen molar-refractivity contribution in [2.45, 2.75) is 19.1 Å². The molecule has 1 aromatic rings. The number of sulfonamides is 1. The molecule has 6 nitrogen and oxygen atoms in total. The first-order valence-corrected chi connectivity index (χ1v) is 7.03. The van der Waals surface area contributed by atoms with Crippen molar-refractivity contribution in [1.82, 2.24) is 4.72 Å². The standard InChI is InChI=1S/C12H15NO5S/c1-9(14)11(12(15)16)13-19(17,18)8-7-10-5-3-2-4-6-10/h2-9,11,13-14H,1H3,(H,15,16)/b8-7+/t9-,11-/m0/s1. The number of benzene rings is 1. The molecule has 1 rings (SSSR count). The number of rotatable bonds is 6. The van der Waals surface area contributed by atoms with Crippen LogP contribution in [0.4, 0.5) is 0 Å². The van der Waals surface area contributed by atoms with Crippen LogP contribution in [0.5, 0.6) is 0 Å². The summed E-state index contributed by atoms with van der Waals surface area (Å²) in [6.45, 7) is 1.20. The van der Waals surface area contributed by atoms with Crippen molar-refractivity contribution in [3.8, 4) is 0 Å². The predicted octanol–water partition coefficient (Wildman–Crippen LogP) is 0.411. The molecule has 104 valence electrons. The second-order valence-corrected chi connectivity index (χ2v) is 5.53. The first-order valence-electron chi connectivity index (χ1n) is 5.48. The highest BCUT2D eigenvalue weighted by atomic mass is 32.2. The maximum atomic E-state index is 11.7. The summed E-state index contributed by atoms with van der Waals surface area (Å²) in [6.07, 6.45) is 0.000852. The summed E-state index contributed by atoms with van der Waals surface area (Å²) in [6, 6.07) is 7.11. The number of nitrogens with one attached hydrogen (secondary N) is 1. The minimum absolute atomic E-state index is 0.664. The molecule has 0 heterocycles. The van der Waals surface area contributed by atoms with E-state index in [-0.39, 0.29) is 0 Å². The first-order chi connectivity index (χ1) is 8.82. The maximum absolute atomic E-state index is 11.7. The van der Waals surface area contributed by atoms with Crippen molar-refractivity contribution in [2.75, 3.05) is 0 Å². The van der Waals surface area contributed by atoms with E-state index < -0.39 is 28.1 Å². The van der Waals surface area contributed by atoms with Gasteiger partial charge in [-0.15, -0.1) is 0 Å². The number of carboxylic acids is 1. The van der Waals surface area contributed by atoms with Gasteiger partial charge >= 0.3 is 5.97 Å². The van der Waals surface area contributed by atoms with Gasteiger partial charge in [-0.25, -0.2) is 8.42 Å². The van der Waals surface area contributed by atoms with Crippen LogP contribution >= 0.6 is 0 Å². The van der Waals surface area contributed by atoms with Crippen molar-refractivity contribution in [3.05, 3.63) is 41.3 Å². The van der Waals surface area contributed by atoms with Crippen LogP contribution in [0.1, 0.15) is 12.5 Å². The zero-order valence-electron chi connectivity index (χ0n) is 10.2. The molecule has 1 aromatic carbocycles. The molecule has 0 aliphatic carbocycles. The Morgan fingerprint density at radius 2 is 1.89 bits per heavy atom. The minimum Gasteiger partial charge on any atom is -0.480 e. The van der Waals surface area contributed by atoms with Gasteiger partial charge < -0.3 is 10.2 Å². The van der Waals surface area contributed by atoms with Crippen LogP contribution in [-0.2, 0) is 14.8 Å². The quantitative estimate of drug-likeness (QED) is 0.702. The Morgan fingerprint density at radius 1 is 1.32 bits per heavy atom. The van der Waals surface area contributed by atoms with Crippen LogP contribution in [0.3, 0.4) is 0 Å². The number of aliphatic carboxylic acids is 1. The van der Waals surface area contributed by atoms with E-state index in [1.54, 1.807) is 30.3 Å². The maximum Gasteiger partial charge on any atom is 0.324 e. The molecule has 0 fully saturated rings. The lowest BCUT2D eigenvalue weighted by Gasteiger charge is -2.15. The predicted molar refractivity (Wildman–Crippen MR) is 70.6 cm³/mol. The fourth-order valence-corrected chi connectivity index (χ4v) is 2.37. The minimum atomic E-state index is -3.94. The average molecular weight is 285 g/mol. The van der Waals surface area contributed by atoms with Gasteiger partial charge in [0.25, 0.3) is 0 Å². The van der Waals surface area contributed by atoms with Crippen LogP contribution in [0, 0.1) is 0 Å². The van der Waals surface area contributed by atoms with Crippen LogP contribution in [0.25, 0.3) is 6.08 Å². The van der Waals surface area contributed by atoms with Crippen LogP contribution in [0.2, 0.25) is 0 Å². The highest BCUT2D eigenvalue weighted by Gasteiger charge is 2.26. The van der Waals surface area contributed by atoms with Crippen molar-refractivity contribution < 1.29 is 23.4 Å². The number of aliphatic hydroxyl groups excluding tert-OH is 1. The van der Waals surface area contributed by atoms with Gasteiger partial charge in [-0.1, -0.05) is 30.3 Å². The Bertz CT molecular complexity index is 551. The summed E-state index contributed by atoms with van der Waals surface area (Å²) >= 11 is 0. The topological polar surface area (TPSA) is 104 Å². The summed E-state index contributed by atoms with van der Waals surface area (Å²) in [7, 11) is -3.94. The Hall–Kier alpha value is -1.70. The van der Waals surface area contributed by atoms with Gasteiger partial charge in [0.2, 0.25) is 10.0 Å². The molecule has 0 radical (unpaired) electrons. The molecular weight excluding hydrogens is 270 g/mol. The molecule has 3 N–H and O–H groups in total. The van der Waals surface area contributed by atoms with Gasteiger partial charge in [-0.05, 0) is 18.6 Å². The van der Waals surface area contributed by atoms with Gasteiger partial charge in [0, 0.05) is 5.41 Å². The van der Waals surface area contributed by atoms with Gasteiger partial charge in [0.05, 0.1) is 6.10 Å². The lowest BCUT2D eigenvalue weighted by atomic mass is 10.2. The van der Waals surface area contributed by atoms with E-state index in [1.165, 1.54) is 13.0 Å². The number of carboxylic acid groups (broad SMARTS) is 1. The van der Waals surface area contributed by atoms with Crippen molar-refractivity contribution in [3.63, 3.8) is 0 Å². The lowest BCUT2D eigenvalue weighted by molar-refractivity contribution is -0.141. The molecule has 0 bridgehead atoms. The fraction of sp³-hybridized carbons (Fsp3) is 0.250. The second kappa shape index (κ2) is 6.46. The molecule has 0 aliphatic rings. The summed E-state index contributed by atoms with van der Waals surface area (Å²) in [5.41, 5.74) is 0.664. The molecule has 7 heteroatoms. The van der Waals surface area contributed by atoms with Crippen LogP contribution < -0.4 is 4.72 Å². The normalized spacial score (nSPS) is 15.3. The van der Waals surface area contributed by atoms with E-state index in [2.05, 4.69) is 0 Å². The van der Waals surface area contributed by atoms with Crippen LogP contribution in [-0.4, -0.2) is 36.7 Å². The molecule has 0 aromatic heterocycles. The van der Waals surface area contributed by atoms with E-state index in [0.717, 1.165) is 5.41 Å². The van der Waals surface area contributed by atoms with E-state index in [4.69, 9.17) is 5.11 Å². The molecule has 0 saturated heterocycles. The van der Waals surface area contributed by atoms with E-state index in [0.29, 0.717) is 5.56 Å². The van der Waals surface area contributed by atoms with Gasteiger partial charge in [-0.2, -0.15) is 4.72 Å². The summed E-state index contributed by atoms with van der Waals surface area (Å²) in [4.78, 5) is 10.8. The molecule has 0 spiro atoms. The zero-order chi connectivity index (χ0) is 14.5. The Balaban J connectivity index is 2.82. The van der Waals surface area contributed by atoms with E-state index in [1.807, 2.05) is 4.72 Å². The zero-order valence-corrected chi connectivity index (χ0v) is 11.0. The highest BCUT2D eigenvalue weighted by molar-refractivity contribution is 7.92. The summed E-state index contributed by atoms with van der Waals surface area (Å²) in [5, 5.41) is 18.8. The third-order valence-electron chi connectivity index (χ3n) is 2.28. The van der Waals surface area contributed by atoms with Crippen molar-refractivity contribution >= 4 is 22.1 Å². The Morgan fingerprint density at radius 3 is 2.37 bits per heavy atom. The SMILES string of the molecule is C[C@H](O)[C@H](NS(=O)(=O)/C=C/c1ccccc1)C(=O)O. The lowest BCUT2D eigenvalue weighted by Crippen LogP contribution is -2.46. The number of carbonyl (C=O) groups is 1. The highest BCUT2D eigenvalue weighted by Crippen LogP contribution is 2.04. The first kappa shape index (κ1) is 15.4. The number of aliphatic hydroxyl groups is 1. The van der Waals surface area contributed by atoms with Gasteiger partial charge in [0.1, 0.15) is 6.04 Å². The third-order valence-corrected chi connectivity index (χ3v) is 3.36. The number of hydrogen-bond acceptors (Lipinski definition) is 4. The molecule has 0 aliphatic heterocycles. The fourth-order valence-electron chi connectivity index (χ4n) is 1.30. The Kier molecular flexibility index (Phi) is 5.22. The molecule has 0 unspecified atom stereocenters. The second-order valence-electron chi connectivity index (χ2n) is 3.93. The molecule has 2 atom stereocenters. The average Bonchev–Trinajstić information content (AvgIpc) is 2.34. The van der Waals surface area contributed by atoms with E-state index in [9.17, 15) is 18.3 Å².